The number of hydrogen-bond acceptors (Lipinski definition) is 1. The first-order valence-electron chi connectivity index (χ1n) is 2.53. The molecule has 0 saturated heterocycles. The van der Waals surface area contributed by atoms with Gasteiger partial charge in [-0.1, -0.05) is 11.6 Å². The van der Waals surface area contributed by atoms with E-state index in [1.54, 1.807) is 0 Å². The normalized spacial score (nSPS) is 37.5. The third-order valence-electron chi connectivity index (χ3n) is 1.20. The van der Waals surface area contributed by atoms with E-state index >= 15 is 0 Å². The van der Waals surface area contributed by atoms with Crippen molar-refractivity contribution in [2.75, 3.05) is 12.3 Å². The number of allylic oxidation sites excluding steroid dienone is 2. The maximum Gasteiger partial charge on any atom is 0.155 e. The number of rotatable bonds is 0. The van der Waals surface area contributed by atoms with Gasteiger partial charge < -0.3 is 4.57 Å². The van der Waals surface area contributed by atoms with Gasteiger partial charge in [0.15, 0.2) is 5.84 Å². The lowest BCUT2D eigenvalue weighted by atomic mass is 10.3. The minimum absolute atomic E-state index is 0.749. The molecule has 0 saturated carbocycles. The topological polar surface area (TPSA) is 17.1 Å². The first kappa shape index (κ1) is 6.57. The van der Waals surface area contributed by atoms with Gasteiger partial charge in [0.25, 0.3) is 0 Å². The molecule has 0 aromatic carbocycles. The molecular weight excluding hydrogens is 187 g/mol. The lowest BCUT2D eigenvalue weighted by molar-refractivity contribution is 0.589. The molecule has 0 aromatic heterocycles. The van der Waals surface area contributed by atoms with Crippen molar-refractivity contribution in [2.24, 2.45) is 0 Å². The Labute approximate surface area is 57.3 Å². The average molecular weight is 195 g/mol. The summed E-state index contributed by atoms with van der Waals surface area (Å²) >= 11 is 3.19. The average Bonchev–Trinajstić information content (AvgIpc) is 1.82. The van der Waals surface area contributed by atoms with Crippen molar-refractivity contribution in [1.29, 1.82) is 0 Å². The van der Waals surface area contributed by atoms with Crippen LogP contribution in [-0.4, -0.2) is 12.3 Å². The standard InChI is InChI=1S/C5H8BrOP/c1-5-2-3-8(6,7)4-5/h2H,3-4H2,1H3. The Hall–Kier alpha value is 0.450. The molecule has 0 fully saturated rings. The third-order valence-corrected chi connectivity index (χ3v) is 4.52. The van der Waals surface area contributed by atoms with E-state index in [1.165, 1.54) is 5.57 Å². The molecule has 0 N–H and O–H groups in total. The van der Waals surface area contributed by atoms with Gasteiger partial charge in [-0.3, -0.25) is 0 Å². The van der Waals surface area contributed by atoms with Crippen LogP contribution in [0.5, 0.6) is 0 Å². The summed E-state index contributed by atoms with van der Waals surface area (Å²) in [5.74, 6) is -1.88. The Bertz CT molecular complexity index is 173. The Kier molecular flexibility index (Phi) is 1.64. The van der Waals surface area contributed by atoms with Crippen molar-refractivity contribution in [3.8, 4) is 0 Å². The maximum absolute atomic E-state index is 11.1. The number of hydrogen-bond donors (Lipinski definition) is 0. The Morgan fingerprint density at radius 1 is 1.88 bits per heavy atom. The largest absolute Gasteiger partial charge is 0.311 e. The molecule has 0 bridgehead atoms. The third kappa shape index (κ3) is 1.46. The first-order chi connectivity index (χ1) is 3.60. The van der Waals surface area contributed by atoms with Gasteiger partial charge in [0.2, 0.25) is 0 Å². The van der Waals surface area contributed by atoms with E-state index in [9.17, 15) is 4.57 Å². The van der Waals surface area contributed by atoms with Crippen LogP contribution >= 0.6 is 21.3 Å². The quantitative estimate of drug-likeness (QED) is 0.428. The van der Waals surface area contributed by atoms with Crippen LogP contribution in [0.25, 0.3) is 0 Å². The lowest BCUT2D eigenvalue weighted by Gasteiger charge is -1.96. The molecule has 0 amide bonds. The van der Waals surface area contributed by atoms with E-state index < -0.39 is 5.84 Å². The molecule has 1 nitrogen and oxygen atoms in total. The van der Waals surface area contributed by atoms with Crippen molar-refractivity contribution in [3.05, 3.63) is 11.6 Å². The predicted molar refractivity (Wildman–Crippen MR) is 40.0 cm³/mol. The SMILES string of the molecule is CC1=CCP(=O)(Br)C1. The van der Waals surface area contributed by atoms with Crippen molar-refractivity contribution < 1.29 is 4.57 Å². The van der Waals surface area contributed by atoms with Crippen LogP contribution in [0.15, 0.2) is 11.6 Å². The fraction of sp³-hybridized carbons (Fsp3) is 0.600. The summed E-state index contributed by atoms with van der Waals surface area (Å²) in [6, 6.07) is 0. The summed E-state index contributed by atoms with van der Waals surface area (Å²) in [6.45, 7) is 2.01. The molecule has 46 valence electrons. The Balaban J connectivity index is 2.69. The highest BCUT2D eigenvalue weighted by Gasteiger charge is 2.21. The van der Waals surface area contributed by atoms with Gasteiger partial charge >= 0.3 is 0 Å². The highest BCUT2D eigenvalue weighted by atomic mass is 79.9. The minimum Gasteiger partial charge on any atom is -0.311 e. The van der Waals surface area contributed by atoms with Gasteiger partial charge in [0.05, 0.1) is 0 Å². The van der Waals surface area contributed by atoms with Crippen LogP contribution in [0, 0.1) is 0 Å². The first-order valence-corrected chi connectivity index (χ1v) is 6.63. The van der Waals surface area contributed by atoms with E-state index in [0.717, 1.165) is 12.3 Å². The zero-order valence-corrected chi connectivity index (χ0v) is 7.21. The summed E-state index contributed by atoms with van der Waals surface area (Å²) < 4.78 is 11.1. The molecule has 1 aliphatic rings. The predicted octanol–water partition coefficient (Wildman–Crippen LogP) is 2.62. The van der Waals surface area contributed by atoms with Crippen LogP contribution in [-0.2, 0) is 4.57 Å². The zero-order chi connectivity index (χ0) is 6.20. The fourth-order valence-corrected chi connectivity index (χ4v) is 4.00. The second-order valence-corrected chi connectivity index (χ2v) is 8.32. The Morgan fingerprint density at radius 3 is 2.62 bits per heavy atom. The molecule has 0 aromatic rings. The summed E-state index contributed by atoms with van der Waals surface area (Å²) in [7, 11) is 0. The molecule has 0 radical (unpaired) electrons. The molecular formula is C5H8BrOP. The molecule has 8 heavy (non-hydrogen) atoms. The van der Waals surface area contributed by atoms with Crippen molar-refractivity contribution >= 4 is 21.3 Å². The summed E-state index contributed by atoms with van der Waals surface area (Å²) in [6.07, 6.45) is 3.56. The number of halogens is 1. The molecule has 0 spiro atoms. The summed E-state index contributed by atoms with van der Waals surface area (Å²) in [4.78, 5) is 0. The van der Waals surface area contributed by atoms with Gasteiger partial charge in [0, 0.05) is 12.3 Å². The van der Waals surface area contributed by atoms with E-state index in [2.05, 4.69) is 15.5 Å². The fourth-order valence-electron chi connectivity index (χ4n) is 0.794. The molecule has 1 unspecified atom stereocenters. The highest BCUT2D eigenvalue weighted by Crippen LogP contribution is 2.58. The van der Waals surface area contributed by atoms with Gasteiger partial charge in [0.1, 0.15) is 0 Å². The molecule has 1 heterocycles. The van der Waals surface area contributed by atoms with Gasteiger partial charge in [-0.15, -0.1) is 0 Å². The molecule has 1 atom stereocenters. The maximum atomic E-state index is 11.1. The molecule has 1 aliphatic heterocycles. The zero-order valence-electron chi connectivity index (χ0n) is 4.72. The van der Waals surface area contributed by atoms with E-state index in [1.807, 2.05) is 13.0 Å². The van der Waals surface area contributed by atoms with E-state index in [4.69, 9.17) is 0 Å². The second kappa shape index (κ2) is 2.00. The minimum atomic E-state index is -1.88. The molecule has 0 aliphatic carbocycles. The van der Waals surface area contributed by atoms with Gasteiger partial charge in [-0.2, -0.15) is 0 Å². The van der Waals surface area contributed by atoms with Gasteiger partial charge in [-0.25, -0.2) is 0 Å². The Morgan fingerprint density at radius 2 is 2.50 bits per heavy atom. The monoisotopic (exact) mass is 194 g/mol. The second-order valence-electron chi connectivity index (χ2n) is 2.18. The molecule has 1 rings (SSSR count). The lowest BCUT2D eigenvalue weighted by Crippen LogP contribution is -1.74. The van der Waals surface area contributed by atoms with Crippen molar-refractivity contribution in [2.45, 2.75) is 6.92 Å². The van der Waals surface area contributed by atoms with Crippen LogP contribution in [0.1, 0.15) is 6.92 Å². The van der Waals surface area contributed by atoms with Crippen LogP contribution < -0.4 is 0 Å². The highest BCUT2D eigenvalue weighted by molar-refractivity contribution is 9.40. The summed E-state index contributed by atoms with van der Waals surface area (Å²) in [5, 5.41) is 0. The molecule has 3 heteroatoms. The van der Waals surface area contributed by atoms with Crippen LogP contribution in [0.4, 0.5) is 0 Å². The van der Waals surface area contributed by atoms with Crippen LogP contribution in [0.2, 0.25) is 0 Å². The van der Waals surface area contributed by atoms with E-state index in [0.29, 0.717) is 0 Å². The summed E-state index contributed by atoms with van der Waals surface area (Å²) in [5.41, 5.74) is 1.25. The van der Waals surface area contributed by atoms with Gasteiger partial charge in [-0.05, 0) is 22.4 Å². The van der Waals surface area contributed by atoms with E-state index in [-0.39, 0.29) is 0 Å². The van der Waals surface area contributed by atoms with Crippen molar-refractivity contribution in [3.63, 3.8) is 0 Å². The van der Waals surface area contributed by atoms with Crippen LogP contribution in [0.3, 0.4) is 0 Å². The van der Waals surface area contributed by atoms with Crippen molar-refractivity contribution in [1.82, 2.24) is 0 Å². The smallest absolute Gasteiger partial charge is 0.155 e.